The fourth-order valence-electron chi connectivity index (χ4n) is 1.86. The predicted molar refractivity (Wildman–Crippen MR) is 73.0 cm³/mol. The molecular formula is C12H14BrNO3S. The lowest BCUT2D eigenvalue weighted by atomic mass is 9.96. The van der Waals surface area contributed by atoms with Crippen LogP contribution >= 0.6 is 27.3 Å². The molecule has 1 saturated carbocycles. The molecule has 0 aliphatic heterocycles. The topological polar surface area (TPSA) is 66.4 Å². The van der Waals surface area contributed by atoms with E-state index in [1.165, 1.54) is 11.3 Å². The normalized spacial score (nSPS) is 18.2. The van der Waals surface area contributed by atoms with Crippen molar-refractivity contribution in [3.8, 4) is 0 Å². The molecule has 98 valence electrons. The van der Waals surface area contributed by atoms with Gasteiger partial charge in [0.15, 0.2) is 0 Å². The van der Waals surface area contributed by atoms with Crippen LogP contribution in [0.2, 0.25) is 0 Å². The first kappa shape index (κ1) is 13.5. The Morgan fingerprint density at radius 3 is 2.56 bits per heavy atom. The Labute approximate surface area is 118 Å². The number of carboxylic acid groups (broad SMARTS) is 1. The molecule has 0 bridgehead atoms. The van der Waals surface area contributed by atoms with Gasteiger partial charge in [-0.1, -0.05) is 0 Å². The molecule has 0 radical (unpaired) electrons. The summed E-state index contributed by atoms with van der Waals surface area (Å²) in [5, 5.41) is 11.9. The van der Waals surface area contributed by atoms with Crippen LogP contribution in [0.5, 0.6) is 0 Å². The molecule has 1 unspecified atom stereocenters. The van der Waals surface area contributed by atoms with Crippen LogP contribution in [0.3, 0.4) is 0 Å². The summed E-state index contributed by atoms with van der Waals surface area (Å²) >= 11 is 4.68. The molecule has 1 amide bonds. The van der Waals surface area contributed by atoms with Gasteiger partial charge < -0.3 is 10.4 Å². The lowest BCUT2D eigenvalue weighted by molar-refractivity contribution is -0.144. The summed E-state index contributed by atoms with van der Waals surface area (Å²) < 4.78 is 0.899. The molecule has 1 aromatic rings. The van der Waals surface area contributed by atoms with Gasteiger partial charge in [0.05, 0.1) is 8.66 Å². The van der Waals surface area contributed by atoms with E-state index in [2.05, 4.69) is 21.2 Å². The Bertz CT molecular complexity index is 490. The summed E-state index contributed by atoms with van der Waals surface area (Å²) in [6.07, 6.45) is 1.71. The second-order valence-electron chi connectivity index (χ2n) is 4.80. The lowest BCUT2D eigenvalue weighted by Gasteiger charge is -2.25. The maximum atomic E-state index is 12.1. The molecule has 1 heterocycles. The molecule has 2 rings (SSSR count). The highest BCUT2D eigenvalue weighted by molar-refractivity contribution is 9.11. The van der Waals surface area contributed by atoms with Crippen LogP contribution in [-0.4, -0.2) is 22.5 Å². The molecular weight excluding hydrogens is 318 g/mol. The van der Waals surface area contributed by atoms with Crippen LogP contribution in [0, 0.1) is 12.8 Å². The van der Waals surface area contributed by atoms with Crippen LogP contribution < -0.4 is 5.32 Å². The first-order valence-electron chi connectivity index (χ1n) is 5.66. The van der Waals surface area contributed by atoms with Crippen molar-refractivity contribution in [1.29, 1.82) is 0 Å². The molecule has 2 N–H and O–H groups in total. The maximum Gasteiger partial charge on any atom is 0.329 e. The second-order valence-corrected chi connectivity index (χ2v) is 7.17. The van der Waals surface area contributed by atoms with Crippen molar-refractivity contribution >= 4 is 39.1 Å². The van der Waals surface area contributed by atoms with Gasteiger partial charge >= 0.3 is 5.97 Å². The van der Waals surface area contributed by atoms with Crippen molar-refractivity contribution in [2.75, 3.05) is 0 Å². The SMILES string of the molecule is Cc1cc(C(=O)NC(C)(C(=O)O)C2CC2)sc1Br. The molecule has 0 aromatic carbocycles. The van der Waals surface area contributed by atoms with Crippen molar-refractivity contribution in [1.82, 2.24) is 5.32 Å². The summed E-state index contributed by atoms with van der Waals surface area (Å²) in [6.45, 7) is 3.48. The van der Waals surface area contributed by atoms with Gasteiger partial charge in [-0.3, -0.25) is 4.79 Å². The molecule has 1 aromatic heterocycles. The van der Waals surface area contributed by atoms with Crippen LogP contribution in [0.25, 0.3) is 0 Å². The number of carbonyl (C=O) groups is 2. The van der Waals surface area contributed by atoms with Gasteiger partial charge in [-0.25, -0.2) is 4.79 Å². The van der Waals surface area contributed by atoms with E-state index in [1.54, 1.807) is 13.0 Å². The standard InChI is InChI=1S/C12H14BrNO3S/c1-6-5-8(18-9(6)13)10(15)14-12(2,11(16)17)7-3-4-7/h5,7H,3-4H2,1-2H3,(H,14,15)(H,16,17). The summed E-state index contributed by atoms with van der Waals surface area (Å²) in [6, 6.07) is 1.76. The number of hydrogen-bond donors (Lipinski definition) is 2. The average molecular weight is 332 g/mol. The first-order valence-corrected chi connectivity index (χ1v) is 7.27. The number of thiophene rings is 1. The zero-order chi connectivity index (χ0) is 13.5. The van der Waals surface area contributed by atoms with Gasteiger partial charge in [-0.15, -0.1) is 11.3 Å². The van der Waals surface area contributed by atoms with Crippen molar-refractivity contribution in [2.24, 2.45) is 5.92 Å². The molecule has 1 atom stereocenters. The third-order valence-electron chi connectivity index (χ3n) is 3.29. The molecule has 4 nitrogen and oxygen atoms in total. The Hall–Kier alpha value is -0.880. The molecule has 0 spiro atoms. The number of carboxylic acids is 1. The summed E-state index contributed by atoms with van der Waals surface area (Å²) in [5.74, 6) is -1.24. The van der Waals surface area contributed by atoms with E-state index in [0.717, 1.165) is 22.2 Å². The molecule has 1 fully saturated rings. The summed E-state index contributed by atoms with van der Waals surface area (Å²) in [7, 11) is 0. The highest BCUT2D eigenvalue weighted by atomic mass is 79.9. The highest BCUT2D eigenvalue weighted by Crippen LogP contribution is 2.40. The summed E-state index contributed by atoms with van der Waals surface area (Å²) in [5.41, 5.74) is -0.171. The molecule has 18 heavy (non-hydrogen) atoms. The Morgan fingerprint density at radius 2 is 2.17 bits per heavy atom. The Morgan fingerprint density at radius 1 is 1.56 bits per heavy atom. The van der Waals surface area contributed by atoms with Gasteiger partial charge in [0.25, 0.3) is 5.91 Å². The molecule has 1 aliphatic carbocycles. The van der Waals surface area contributed by atoms with Crippen molar-refractivity contribution in [3.63, 3.8) is 0 Å². The highest BCUT2D eigenvalue weighted by Gasteiger charge is 2.48. The minimum atomic E-state index is -1.15. The number of hydrogen-bond acceptors (Lipinski definition) is 3. The number of aliphatic carboxylic acids is 1. The van der Waals surface area contributed by atoms with Crippen LogP contribution in [0.15, 0.2) is 9.85 Å². The third-order valence-corrected chi connectivity index (χ3v) is 5.43. The maximum absolute atomic E-state index is 12.1. The summed E-state index contributed by atoms with van der Waals surface area (Å²) in [4.78, 5) is 23.9. The first-order chi connectivity index (χ1) is 8.34. The van der Waals surface area contributed by atoms with E-state index in [1.807, 2.05) is 6.92 Å². The van der Waals surface area contributed by atoms with Gasteiger partial charge in [0.1, 0.15) is 5.54 Å². The predicted octanol–water partition coefficient (Wildman–Crippen LogP) is 2.80. The van der Waals surface area contributed by atoms with Crippen LogP contribution in [0.1, 0.15) is 35.0 Å². The minimum absolute atomic E-state index is 0.0449. The molecule has 6 heteroatoms. The number of aryl methyl sites for hydroxylation is 1. The number of nitrogens with one attached hydrogen (secondary N) is 1. The fourth-order valence-corrected chi connectivity index (χ4v) is 3.29. The van der Waals surface area contributed by atoms with Gasteiger partial charge in [0.2, 0.25) is 0 Å². The lowest BCUT2D eigenvalue weighted by Crippen LogP contribution is -2.53. The minimum Gasteiger partial charge on any atom is -0.480 e. The third kappa shape index (κ3) is 2.44. The van der Waals surface area contributed by atoms with E-state index < -0.39 is 11.5 Å². The van der Waals surface area contributed by atoms with E-state index in [4.69, 9.17) is 0 Å². The van der Waals surface area contributed by atoms with E-state index >= 15 is 0 Å². The molecule has 1 aliphatic rings. The second kappa shape index (κ2) is 4.66. The smallest absolute Gasteiger partial charge is 0.329 e. The van der Waals surface area contributed by atoms with E-state index in [0.29, 0.717) is 4.88 Å². The number of rotatable bonds is 4. The molecule has 0 saturated heterocycles. The monoisotopic (exact) mass is 331 g/mol. The zero-order valence-corrected chi connectivity index (χ0v) is 12.5. The Balaban J connectivity index is 2.17. The van der Waals surface area contributed by atoms with E-state index in [9.17, 15) is 14.7 Å². The van der Waals surface area contributed by atoms with Gasteiger partial charge in [-0.05, 0) is 60.2 Å². The van der Waals surface area contributed by atoms with Crippen molar-refractivity contribution in [2.45, 2.75) is 32.2 Å². The van der Waals surface area contributed by atoms with E-state index in [-0.39, 0.29) is 11.8 Å². The van der Waals surface area contributed by atoms with Crippen LogP contribution in [0.4, 0.5) is 0 Å². The number of amides is 1. The number of halogens is 1. The van der Waals surface area contributed by atoms with Gasteiger partial charge in [0, 0.05) is 0 Å². The van der Waals surface area contributed by atoms with Crippen molar-refractivity contribution in [3.05, 3.63) is 20.3 Å². The average Bonchev–Trinajstić information content (AvgIpc) is 3.07. The van der Waals surface area contributed by atoms with Crippen molar-refractivity contribution < 1.29 is 14.7 Å². The number of carbonyl (C=O) groups excluding carboxylic acids is 1. The Kier molecular flexibility index (Phi) is 3.51. The van der Waals surface area contributed by atoms with Crippen LogP contribution in [-0.2, 0) is 4.79 Å². The quantitative estimate of drug-likeness (QED) is 0.891. The largest absolute Gasteiger partial charge is 0.480 e. The zero-order valence-electron chi connectivity index (χ0n) is 10.1. The van der Waals surface area contributed by atoms with Gasteiger partial charge in [-0.2, -0.15) is 0 Å². The fraction of sp³-hybridized carbons (Fsp3) is 0.500.